The summed E-state index contributed by atoms with van der Waals surface area (Å²) >= 11 is 0. The summed E-state index contributed by atoms with van der Waals surface area (Å²) in [5, 5.41) is 10.7. The van der Waals surface area contributed by atoms with E-state index in [-0.39, 0.29) is 44.9 Å². The van der Waals surface area contributed by atoms with Gasteiger partial charge >= 0.3 is 5.97 Å². The lowest BCUT2D eigenvalue weighted by molar-refractivity contribution is -0.129. The molecule has 0 bridgehead atoms. The van der Waals surface area contributed by atoms with Crippen LogP contribution in [0.2, 0.25) is 0 Å². The monoisotopic (exact) mass is 464 g/mol. The molecule has 3 aromatic rings. The van der Waals surface area contributed by atoms with Crippen LogP contribution in [0.15, 0.2) is 70.9 Å². The van der Waals surface area contributed by atoms with Gasteiger partial charge < -0.3 is 23.7 Å². The number of esters is 1. The summed E-state index contributed by atoms with van der Waals surface area (Å²) in [6.07, 6.45) is 5.95. The Kier molecular flexibility index (Phi) is 6.59. The first-order valence-electron chi connectivity index (χ1n) is 10.7. The molecule has 3 rings (SSSR count). The summed E-state index contributed by atoms with van der Waals surface area (Å²) in [6, 6.07) is 5.83. The molecule has 0 aliphatic carbocycles. The van der Waals surface area contributed by atoms with Crippen molar-refractivity contribution in [1.82, 2.24) is 0 Å². The molecule has 7 nitrogen and oxygen atoms in total. The highest BCUT2D eigenvalue weighted by Crippen LogP contribution is 2.40. The fourth-order valence-electron chi connectivity index (χ4n) is 3.13. The first-order chi connectivity index (χ1) is 15.9. The van der Waals surface area contributed by atoms with Crippen molar-refractivity contribution in [1.29, 1.82) is 0 Å². The Morgan fingerprint density at radius 2 is 1.71 bits per heavy atom. The molecule has 2 aromatic carbocycles. The summed E-state index contributed by atoms with van der Waals surface area (Å²) < 4.78 is 23.4. The lowest BCUT2D eigenvalue weighted by Crippen LogP contribution is -2.25. The Hall–Kier alpha value is -4.00. The first-order valence-corrected chi connectivity index (χ1v) is 10.7. The molecule has 0 fully saturated rings. The number of phenolic OH excluding ortho intramolecular Hbond substituents is 1. The normalized spacial score (nSPS) is 12.1. The first kappa shape index (κ1) is 24.6. The molecule has 0 aliphatic heterocycles. The number of fused-ring (bicyclic) bond motifs is 2. The van der Waals surface area contributed by atoms with Gasteiger partial charge in [-0.05, 0) is 58.9 Å². The van der Waals surface area contributed by atoms with Crippen molar-refractivity contribution in [2.75, 3.05) is 0 Å². The zero-order chi connectivity index (χ0) is 25.3. The maximum Gasteiger partial charge on any atom is 0.336 e. The lowest BCUT2D eigenvalue weighted by Gasteiger charge is -2.24. The Balaban J connectivity index is 2.34. The van der Waals surface area contributed by atoms with E-state index >= 15 is 0 Å². The Morgan fingerprint density at radius 1 is 1.06 bits per heavy atom. The smallest absolute Gasteiger partial charge is 0.336 e. The van der Waals surface area contributed by atoms with E-state index in [0.717, 1.165) is 0 Å². The predicted octanol–water partition coefficient (Wildman–Crippen LogP) is 5.82. The molecule has 0 saturated heterocycles. The lowest BCUT2D eigenvalue weighted by atomic mass is 10.1. The summed E-state index contributed by atoms with van der Waals surface area (Å²) in [4.78, 5) is 25.6. The number of phenols is 1. The third-order valence-corrected chi connectivity index (χ3v) is 5.06. The molecule has 178 valence electrons. The number of hydrogen-bond acceptors (Lipinski definition) is 7. The second-order valence-corrected chi connectivity index (χ2v) is 8.76. The fraction of sp³-hybridized carbons (Fsp3) is 0.259. The van der Waals surface area contributed by atoms with Gasteiger partial charge in [0.15, 0.2) is 11.3 Å². The minimum Gasteiger partial charge on any atom is -0.507 e. The molecule has 0 spiro atoms. The van der Waals surface area contributed by atoms with Crippen LogP contribution in [-0.2, 0) is 4.79 Å². The zero-order valence-electron chi connectivity index (χ0n) is 19.9. The fourth-order valence-corrected chi connectivity index (χ4v) is 3.13. The summed E-state index contributed by atoms with van der Waals surface area (Å²) in [7, 11) is 0. The second-order valence-electron chi connectivity index (χ2n) is 8.76. The minimum absolute atomic E-state index is 0.00718. The van der Waals surface area contributed by atoms with Gasteiger partial charge in [-0.15, -0.1) is 0 Å². The van der Waals surface area contributed by atoms with Crippen LogP contribution in [0.25, 0.3) is 21.9 Å². The van der Waals surface area contributed by atoms with Gasteiger partial charge in [0.25, 0.3) is 0 Å². The second kappa shape index (κ2) is 9.09. The number of benzene rings is 2. The highest BCUT2D eigenvalue weighted by Gasteiger charge is 2.25. The molecule has 0 radical (unpaired) electrons. The van der Waals surface area contributed by atoms with Crippen LogP contribution in [0, 0.1) is 0 Å². The molecule has 0 aliphatic rings. The molecular formula is C27H28O7. The molecule has 0 unspecified atom stereocenters. The van der Waals surface area contributed by atoms with E-state index in [1.54, 1.807) is 46.8 Å². The number of rotatable bonds is 8. The van der Waals surface area contributed by atoms with Crippen LogP contribution < -0.4 is 19.6 Å². The summed E-state index contributed by atoms with van der Waals surface area (Å²) in [5.41, 5.74) is -1.99. The van der Waals surface area contributed by atoms with Crippen molar-refractivity contribution < 1.29 is 28.5 Å². The number of allylic oxidation sites excluding steroid dienone is 1. The average molecular weight is 465 g/mol. The maximum atomic E-state index is 13.3. The van der Waals surface area contributed by atoms with Gasteiger partial charge in [-0.3, -0.25) is 4.79 Å². The topological polar surface area (TPSA) is 95.2 Å². The van der Waals surface area contributed by atoms with Gasteiger partial charge in [-0.25, -0.2) is 4.79 Å². The van der Waals surface area contributed by atoms with Gasteiger partial charge in [-0.2, -0.15) is 0 Å². The number of hydrogen-bond donors (Lipinski definition) is 1. The number of carbonyl (C=O) groups is 1. The van der Waals surface area contributed by atoms with Crippen LogP contribution in [0.5, 0.6) is 23.0 Å². The molecule has 1 N–H and O–H groups in total. The van der Waals surface area contributed by atoms with E-state index < -0.39 is 22.6 Å². The number of ether oxygens (including phenoxy) is 3. The largest absolute Gasteiger partial charge is 0.507 e. The summed E-state index contributed by atoms with van der Waals surface area (Å²) in [6.45, 7) is 16.3. The van der Waals surface area contributed by atoms with Gasteiger partial charge in [-0.1, -0.05) is 19.2 Å². The highest BCUT2D eigenvalue weighted by molar-refractivity contribution is 5.98. The van der Waals surface area contributed by atoms with Crippen molar-refractivity contribution >= 4 is 27.9 Å². The highest BCUT2D eigenvalue weighted by atomic mass is 16.6. The van der Waals surface area contributed by atoms with E-state index in [4.69, 9.17) is 18.6 Å². The Labute approximate surface area is 197 Å². The van der Waals surface area contributed by atoms with Gasteiger partial charge in [0.2, 0.25) is 11.2 Å². The van der Waals surface area contributed by atoms with E-state index in [1.165, 1.54) is 36.4 Å². The van der Waals surface area contributed by atoms with Crippen molar-refractivity contribution in [3.05, 3.63) is 72.0 Å². The van der Waals surface area contributed by atoms with Crippen molar-refractivity contribution in [2.45, 2.75) is 45.8 Å². The van der Waals surface area contributed by atoms with E-state index in [2.05, 4.69) is 13.2 Å². The van der Waals surface area contributed by atoms with Crippen LogP contribution in [0.4, 0.5) is 0 Å². The molecule has 7 heteroatoms. The predicted molar refractivity (Wildman–Crippen MR) is 132 cm³/mol. The Morgan fingerprint density at radius 3 is 2.32 bits per heavy atom. The van der Waals surface area contributed by atoms with Crippen LogP contribution in [0.1, 0.15) is 34.6 Å². The number of aromatic hydroxyl groups is 1. The number of carbonyl (C=O) groups excluding carboxylic acids is 1. The van der Waals surface area contributed by atoms with Gasteiger partial charge in [0.05, 0.1) is 5.39 Å². The van der Waals surface area contributed by atoms with Crippen LogP contribution >= 0.6 is 0 Å². The zero-order valence-corrected chi connectivity index (χ0v) is 19.9. The van der Waals surface area contributed by atoms with Crippen molar-refractivity contribution in [2.24, 2.45) is 0 Å². The quantitative estimate of drug-likeness (QED) is 0.148. The van der Waals surface area contributed by atoms with E-state index in [9.17, 15) is 14.7 Å². The van der Waals surface area contributed by atoms with Crippen molar-refractivity contribution in [3.8, 4) is 23.0 Å². The molecular weight excluding hydrogens is 436 g/mol. The molecule has 34 heavy (non-hydrogen) atoms. The third-order valence-electron chi connectivity index (χ3n) is 5.06. The van der Waals surface area contributed by atoms with Crippen LogP contribution in [-0.4, -0.2) is 22.3 Å². The minimum atomic E-state index is -0.803. The van der Waals surface area contributed by atoms with Gasteiger partial charge in [0, 0.05) is 18.2 Å². The summed E-state index contributed by atoms with van der Waals surface area (Å²) in [5.74, 6) is -0.589. The molecule has 1 aromatic heterocycles. The SMILES string of the molecule is C=CC(C)(C)Oc1cc(O)c2c(=O)c3ccc(OC(C)(C)C=C)c(OC(=O)/C=C/C)c3oc2c1. The van der Waals surface area contributed by atoms with Crippen molar-refractivity contribution in [3.63, 3.8) is 0 Å². The van der Waals surface area contributed by atoms with Gasteiger partial charge in [0.1, 0.15) is 33.7 Å². The molecule has 0 saturated carbocycles. The van der Waals surface area contributed by atoms with E-state index in [0.29, 0.717) is 0 Å². The molecule has 0 atom stereocenters. The van der Waals surface area contributed by atoms with E-state index in [1.807, 2.05) is 0 Å². The third kappa shape index (κ3) is 4.98. The average Bonchev–Trinajstić information content (AvgIpc) is 2.75. The molecule has 1 heterocycles. The molecule has 0 amide bonds. The Bertz CT molecular complexity index is 1370. The maximum absolute atomic E-state index is 13.3. The van der Waals surface area contributed by atoms with Crippen LogP contribution in [0.3, 0.4) is 0 Å². The standard InChI is InChI=1S/C27H28O7/c1-8-11-21(29)32-25-19(34-27(6,7)10-3)13-12-17-23(30)22-18(28)14-16(33-26(4,5)9-2)15-20(22)31-24(17)25/h8-15,28H,2-3H2,1,4-7H3/b11-8+.